The van der Waals surface area contributed by atoms with Crippen molar-refractivity contribution in [2.75, 3.05) is 5.75 Å². The zero-order valence-corrected chi connectivity index (χ0v) is 19.3. The summed E-state index contributed by atoms with van der Waals surface area (Å²) in [6, 6.07) is 4.48. The van der Waals surface area contributed by atoms with Gasteiger partial charge < -0.3 is 15.3 Å². The van der Waals surface area contributed by atoms with Gasteiger partial charge in [-0.05, 0) is 65.3 Å². The monoisotopic (exact) mass is 512 g/mol. The first-order chi connectivity index (χ1) is 14.4. The number of aliphatic hydroxyl groups excluding tert-OH is 1. The van der Waals surface area contributed by atoms with E-state index in [1.165, 1.54) is 18.2 Å². The molecule has 12 heteroatoms. The molecule has 6 atom stereocenters. The maximum Gasteiger partial charge on any atom is 0.163 e. The lowest BCUT2D eigenvalue weighted by Gasteiger charge is -2.55. The fourth-order valence-electron chi connectivity index (χ4n) is 3.81. The van der Waals surface area contributed by atoms with Crippen molar-refractivity contribution in [1.82, 2.24) is 0 Å². The highest BCUT2D eigenvalue weighted by molar-refractivity contribution is 9.10. The van der Waals surface area contributed by atoms with Crippen LogP contribution in [0.4, 0.5) is 0 Å². The van der Waals surface area contributed by atoms with Crippen LogP contribution in [0.5, 0.6) is 0 Å². The molecule has 0 saturated carbocycles. The van der Waals surface area contributed by atoms with Gasteiger partial charge in [-0.15, -0.1) is 0 Å². The average Bonchev–Trinajstić information content (AvgIpc) is 2.69. The van der Waals surface area contributed by atoms with Crippen LogP contribution < -0.4 is 0 Å². The SMILES string of the molecule is CC(=O)C(O)[C@@H]1[SH](c2ccc(C#N)c(Br)c2)CC(O)(C(C)=O)[C@H](N=[N+]=[N-])C1(O)C(C)=O. The first-order valence-electron chi connectivity index (χ1n) is 9.02. The molecule has 1 aromatic carbocycles. The van der Waals surface area contributed by atoms with E-state index in [0.29, 0.717) is 9.37 Å². The zero-order chi connectivity index (χ0) is 23.7. The van der Waals surface area contributed by atoms with Crippen LogP contribution in [0.1, 0.15) is 26.3 Å². The minimum atomic E-state index is -2.71. The van der Waals surface area contributed by atoms with E-state index in [1.807, 2.05) is 6.07 Å². The third-order valence-electron chi connectivity index (χ3n) is 5.53. The number of nitriles is 1. The molecule has 1 aliphatic heterocycles. The summed E-state index contributed by atoms with van der Waals surface area (Å²) >= 11 is 3.24. The van der Waals surface area contributed by atoms with Gasteiger partial charge in [0.2, 0.25) is 0 Å². The molecule has 1 saturated heterocycles. The third-order valence-corrected chi connectivity index (χ3v) is 9.30. The Morgan fingerprint density at radius 1 is 1.32 bits per heavy atom. The van der Waals surface area contributed by atoms with Crippen molar-refractivity contribution in [2.24, 2.45) is 5.11 Å². The Balaban J connectivity index is 2.90. The van der Waals surface area contributed by atoms with E-state index in [-0.39, 0.29) is 11.3 Å². The second-order valence-corrected chi connectivity index (χ2v) is 10.6. The predicted octanol–water partition coefficient (Wildman–Crippen LogP) is 1.33. The Kier molecular flexibility index (Phi) is 7.32. The second kappa shape index (κ2) is 9.08. The number of carbonyl (C=O) groups excluding carboxylic acids is 3. The fraction of sp³-hybridized carbons (Fsp3) is 0.474. The number of ketones is 3. The lowest BCUT2D eigenvalue weighted by atomic mass is 9.74. The molecule has 31 heavy (non-hydrogen) atoms. The quantitative estimate of drug-likeness (QED) is 0.191. The maximum atomic E-state index is 12.7. The summed E-state index contributed by atoms with van der Waals surface area (Å²) in [5.74, 6) is -2.96. The van der Waals surface area contributed by atoms with E-state index in [4.69, 9.17) is 10.8 Å². The number of nitrogens with zero attached hydrogens (tertiary/aromatic N) is 4. The normalized spacial score (nSPS) is 32.3. The van der Waals surface area contributed by atoms with Crippen molar-refractivity contribution in [3.05, 3.63) is 38.7 Å². The summed E-state index contributed by atoms with van der Waals surface area (Å²) < 4.78 is 0.376. The first-order valence-corrected chi connectivity index (χ1v) is 11.4. The van der Waals surface area contributed by atoms with Crippen LogP contribution in [-0.4, -0.2) is 67.0 Å². The van der Waals surface area contributed by atoms with E-state index in [2.05, 4.69) is 26.0 Å². The number of aliphatic hydroxyl groups is 3. The molecule has 0 spiro atoms. The van der Waals surface area contributed by atoms with Crippen LogP contribution in [0.15, 0.2) is 32.7 Å². The Hall–Kier alpha value is -2.26. The van der Waals surface area contributed by atoms with Crippen LogP contribution in [0.3, 0.4) is 0 Å². The molecular formula is C19H21BrN4O6S. The minimum absolute atomic E-state index is 0.287. The van der Waals surface area contributed by atoms with E-state index >= 15 is 0 Å². The van der Waals surface area contributed by atoms with Gasteiger partial charge in [0.05, 0.1) is 10.8 Å². The Labute approximate surface area is 189 Å². The van der Waals surface area contributed by atoms with Crippen molar-refractivity contribution < 1.29 is 29.7 Å². The van der Waals surface area contributed by atoms with Crippen LogP contribution in [0.25, 0.3) is 10.4 Å². The van der Waals surface area contributed by atoms with Crippen molar-refractivity contribution in [2.45, 2.75) is 54.3 Å². The van der Waals surface area contributed by atoms with E-state index in [1.54, 1.807) is 0 Å². The van der Waals surface area contributed by atoms with Gasteiger partial charge in [-0.3, -0.25) is 14.4 Å². The van der Waals surface area contributed by atoms with Gasteiger partial charge in [-0.2, -0.15) is 5.26 Å². The van der Waals surface area contributed by atoms with Gasteiger partial charge in [0.15, 0.2) is 17.3 Å². The van der Waals surface area contributed by atoms with Crippen LogP contribution in [-0.2, 0) is 14.4 Å². The topological polar surface area (TPSA) is 184 Å². The first kappa shape index (κ1) is 25.0. The highest BCUT2D eigenvalue weighted by atomic mass is 79.9. The third kappa shape index (κ3) is 4.13. The molecule has 0 aliphatic carbocycles. The summed E-state index contributed by atoms with van der Waals surface area (Å²) in [6.07, 6.45) is -1.85. The van der Waals surface area contributed by atoms with Crippen molar-refractivity contribution >= 4 is 44.2 Å². The molecule has 0 aromatic heterocycles. The van der Waals surface area contributed by atoms with Gasteiger partial charge in [0.25, 0.3) is 0 Å². The summed E-state index contributed by atoms with van der Waals surface area (Å²) in [7, 11) is -1.95. The molecule has 2 rings (SSSR count). The molecule has 1 fully saturated rings. The number of benzene rings is 1. The molecule has 3 N–H and O–H groups in total. The summed E-state index contributed by atoms with van der Waals surface area (Å²) in [4.78, 5) is 40.2. The number of carbonyl (C=O) groups is 3. The molecule has 0 bridgehead atoms. The number of hydrogen-bond donors (Lipinski definition) is 4. The molecular weight excluding hydrogens is 492 g/mol. The summed E-state index contributed by atoms with van der Waals surface area (Å²) in [5, 5.41) is 44.5. The minimum Gasteiger partial charge on any atom is -0.384 e. The lowest BCUT2D eigenvalue weighted by molar-refractivity contribution is -0.159. The van der Waals surface area contributed by atoms with Gasteiger partial charge >= 0.3 is 0 Å². The van der Waals surface area contributed by atoms with Gasteiger partial charge in [-0.1, -0.05) is 5.11 Å². The van der Waals surface area contributed by atoms with Crippen molar-refractivity contribution in [3.63, 3.8) is 0 Å². The Morgan fingerprint density at radius 3 is 2.35 bits per heavy atom. The molecule has 4 unspecified atom stereocenters. The number of hydrogen-bond acceptors (Lipinski definition) is 8. The molecule has 1 aliphatic rings. The van der Waals surface area contributed by atoms with E-state index in [9.17, 15) is 29.7 Å². The van der Waals surface area contributed by atoms with Crippen molar-refractivity contribution in [3.8, 4) is 6.07 Å². The number of halogens is 1. The predicted molar refractivity (Wildman–Crippen MR) is 116 cm³/mol. The molecule has 10 nitrogen and oxygen atoms in total. The van der Waals surface area contributed by atoms with Gasteiger partial charge in [0.1, 0.15) is 29.4 Å². The maximum absolute atomic E-state index is 12.7. The number of thiol groups is 1. The number of azide groups is 1. The Morgan fingerprint density at radius 2 is 1.94 bits per heavy atom. The summed E-state index contributed by atoms with van der Waals surface area (Å²) in [5.41, 5.74) is 4.17. The lowest BCUT2D eigenvalue weighted by Crippen LogP contribution is -2.73. The highest BCUT2D eigenvalue weighted by Crippen LogP contribution is 2.56. The smallest absolute Gasteiger partial charge is 0.163 e. The molecule has 1 heterocycles. The largest absolute Gasteiger partial charge is 0.384 e. The fourth-order valence-corrected chi connectivity index (χ4v) is 7.98. The Bertz CT molecular complexity index is 1040. The van der Waals surface area contributed by atoms with Gasteiger partial charge in [0, 0.05) is 15.1 Å². The molecule has 0 amide bonds. The van der Waals surface area contributed by atoms with E-state index in [0.717, 1.165) is 20.8 Å². The standard InChI is InChI=1S/C19H21BrN4O6S/c1-9(25)15(28)16-19(30,11(3)27)17(23-24-22)18(29,10(2)26)8-31(16)13-5-4-12(7-21)14(20)6-13/h4-6,15-17,28-31H,8H2,1-3H3/t15?,16-,17-,18?,19?/m0/s1. The average molecular weight is 513 g/mol. The number of Topliss-reactive ketones (excluding diaryl/α,β-unsaturated/α-hetero) is 3. The van der Waals surface area contributed by atoms with Crippen LogP contribution in [0.2, 0.25) is 0 Å². The van der Waals surface area contributed by atoms with Crippen LogP contribution >= 0.6 is 26.8 Å². The zero-order valence-electron chi connectivity index (χ0n) is 16.9. The van der Waals surface area contributed by atoms with Crippen LogP contribution in [0, 0.1) is 11.3 Å². The second-order valence-electron chi connectivity index (χ2n) is 7.37. The summed E-state index contributed by atoms with van der Waals surface area (Å²) in [6.45, 7) is 3.07. The molecule has 0 radical (unpaired) electrons. The molecule has 1 aromatic rings. The van der Waals surface area contributed by atoms with E-state index < -0.39 is 56.8 Å². The molecule has 166 valence electrons. The van der Waals surface area contributed by atoms with Gasteiger partial charge in [-0.25, -0.2) is 10.9 Å². The highest BCUT2D eigenvalue weighted by Gasteiger charge is 2.66. The van der Waals surface area contributed by atoms with Crippen molar-refractivity contribution in [1.29, 1.82) is 5.26 Å². The number of rotatable bonds is 6.